The Hall–Kier alpha value is -2.25. The molecule has 0 spiro atoms. The van der Waals surface area contributed by atoms with E-state index in [1.807, 2.05) is 12.1 Å². The molecule has 0 atom stereocenters. The van der Waals surface area contributed by atoms with Crippen LogP contribution in [0.5, 0.6) is 5.75 Å². The molecule has 116 valence electrons. The van der Waals surface area contributed by atoms with Gasteiger partial charge in [-0.05, 0) is 23.8 Å². The van der Waals surface area contributed by atoms with Crippen LogP contribution in [-0.2, 0) is 11.3 Å². The van der Waals surface area contributed by atoms with E-state index in [0.29, 0.717) is 0 Å². The zero-order chi connectivity index (χ0) is 15.2. The van der Waals surface area contributed by atoms with E-state index in [4.69, 9.17) is 9.47 Å². The molecule has 1 saturated heterocycles. The lowest BCUT2D eigenvalue weighted by molar-refractivity contribution is 0.0339. The van der Waals surface area contributed by atoms with E-state index in [1.165, 1.54) is 0 Å². The van der Waals surface area contributed by atoms with Crippen molar-refractivity contribution in [1.82, 2.24) is 19.8 Å². The lowest BCUT2D eigenvalue weighted by Crippen LogP contribution is -2.35. The maximum Gasteiger partial charge on any atom is 0.141 e. The van der Waals surface area contributed by atoms with Crippen LogP contribution in [0.15, 0.2) is 36.0 Å². The number of methoxy groups -OCH3 is 1. The average Bonchev–Trinajstić information content (AvgIpc) is 3.08. The minimum atomic E-state index is 0.789. The van der Waals surface area contributed by atoms with Crippen molar-refractivity contribution in [3.8, 4) is 5.75 Å². The van der Waals surface area contributed by atoms with Crippen molar-refractivity contribution in [2.24, 2.45) is 5.10 Å². The van der Waals surface area contributed by atoms with Gasteiger partial charge in [-0.15, -0.1) is 10.2 Å². The molecule has 1 aromatic heterocycles. The Morgan fingerprint density at radius 3 is 2.77 bits per heavy atom. The number of nitrogens with zero attached hydrogens (tertiary/aromatic N) is 5. The van der Waals surface area contributed by atoms with Gasteiger partial charge in [0.1, 0.15) is 18.4 Å². The number of hydrogen-bond donors (Lipinski definition) is 0. The van der Waals surface area contributed by atoms with Crippen LogP contribution in [0.2, 0.25) is 0 Å². The van der Waals surface area contributed by atoms with Crippen LogP contribution in [0.1, 0.15) is 11.1 Å². The summed E-state index contributed by atoms with van der Waals surface area (Å²) in [5, 5.41) is 11.7. The molecule has 0 aliphatic carbocycles. The number of ether oxygens (including phenoxy) is 2. The van der Waals surface area contributed by atoms with Crippen LogP contribution in [0.25, 0.3) is 0 Å². The summed E-state index contributed by atoms with van der Waals surface area (Å²) in [4.78, 5) is 2.36. The van der Waals surface area contributed by atoms with Crippen molar-refractivity contribution in [2.45, 2.75) is 6.54 Å². The normalized spacial score (nSPS) is 16.2. The van der Waals surface area contributed by atoms with Crippen molar-refractivity contribution in [1.29, 1.82) is 0 Å². The molecule has 1 aliphatic heterocycles. The zero-order valence-corrected chi connectivity index (χ0v) is 12.6. The molecule has 7 heteroatoms. The van der Waals surface area contributed by atoms with Crippen molar-refractivity contribution in [3.63, 3.8) is 0 Å². The monoisotopic (exact) mass is 301 g/mol. The van der Waals surface area contributed by atoms with Crippen LogP contribution in [0, 0.1) is 0 Å². The largest absolute Gasteiger partial charge is 0.496 e. The number of aromatic nitrogens is 3. The molecular weight excluding hydrogens is 282 g/mol. The van der Waals surface area contributed by atoms with Gasteiger partial charge in [0.2, 0.25) is 0 Å². The van der Waals surface area contributed by atoms with Crippen LogP contribution >= 0.6 is 0 Å². The fourth-order valence-electron chi connectivity index (χ4n) is 2.39. The first kappa shape index (κ1) is 14.7. The van der Waals surface area contributed by atoms with Gasteiger partial charge in [0.25, 0.3) is 0 Å². The van der Waals surface area contributed by atoms with Crippen molar-refractivity contribution < 1.29 is 9.47 Å². The molecule has 2 heterocycles. The molecule has 22 heavy (non-hydrogen) atoms. The fourth-order valence-corrected chi connectivity index (χ4v) is 2.39. The van der Waals surface area contributed by atoms with Gasteiger partial charge in [0.05, 0.1) is 26.5 Å². The highest BCUT2D eigenvalue weighted by molar-refractivity contribution is 5.80. The molecule has 7 nitrogen and oxygen atoms in total. The van der Waals surface area contributed by atoms with E-state index in [9.17, 15) is 0 Å². The topological polar surface area (TPSA) is 64.8 Å². The fraction of sp³-hybridized carbons (Fsp3) is 0.400. The summed E-state index contributed by atoms with van der Waals surface area (Å²) in [5.41, 5.74) is 2.16. The first-order chi connectivity index (χ1) is 10.8. The molecule has 2 aromatic rings. The Kier molecular flexibility index (Phi) is 4.77. The molecule has 0 radical (unpaired) electrons. The first-order valence-corrected chi connectivity index (χ1v) is 7.21. The van der Waals surface area contributed by atoms with E-state index >= 15 is 0 Å². The van der Waals surface area contributed by atoms with Gasteiger partial charge in [-0.2, -0.15) is 5.10 Å². The Morgan fingerprint density at radius 2 is 2.05 bits per heavy atom. The first-order valence-electron chi connectivity index (χ1n) is 7.21. The lowest BCUT2D eigenvalue weighted by Gasteiger charge is -2.27. The summed E-state index contributed by atoms with van der Waals surface area (Å²) in [6.45, 7) is 4.32. The van der Waals surface area contributed by atoms with E-state index < -0.39 is 0 Å². The molecule has 3 rings (SSSR count). The SMILES string of the molecule is COc1ccc(/C=N/n2cnnc2)cc1CN1CCOCC1. The highest BCUT2D eigenvalue weighted by Gasteiger charge is 2.13. The second-order valence-corrected chi connectivity index (χ2v) is 5.05. The predicted octanol–water partition coefficient (Wildman–Crippen LogP) is 1.00. The van der Waals surface area contributed by atoms with Crippen molar-refractivity contribution in [3.05, 3.63) is 42.0 Å². The Balaban J connectivity index is 1.76. The highest BCUT2D eigenvalue weighted by atomic mass is 16.5. The van der Waals surface area contributed by atoms with Crippen LogP contribution in [-0.4, -0.2) is 59.4 Å². The Labute approximate surface area is 129 Å². The summed E-state index contributed by atoms with van der Waals surface area (Å²) in [7, 11) is 1.70. The minimum absolute atomic E-state index is 0.789. The van der Waals surface area contributed by atoms with Crippen molar-refractivity contribution in [2.75, 3.05) is 33.4 Å². The van der Waals surface area contributed by atoms with Gasteiger partial charge in [0.15, 0.2) is 0 Å². The maximum atomic E-state index is 5.46. The highest BCUT2D eigenvalue weighted by Crippen LogP contribution is 2.21. The van der Waals surface area contributed by atoms with E-state index in [-0.39, 0.29) is 0 Å². The van der Waals surface area contributed by atoms with E-state index in [1.54, 1.807) is 30.7 Å². The molecule has 1 aliphatic rings. The van der Waals surface area contributed by atoms with Gasteiger partial charge >= 0.3 is 0 Å². The zero-order valence-electron chi connectivity index (χ0n) is 12.6. The quantitative estimate of drug-likeness (QED) is 0.771. The summed E-state index contributed by atoms with van der Waals surface area (Å²) >= 11 is 0. The van der Waals surface area contributed by atoms with Crippen LogP contribution in [0.3, 0.4) is 0 Å². The second-order valence-electron chi connectivity index (χ2n) is 5.05. The Bertz CT molecular complexity index is 621. The molecule has 0 unspecified atom stereocenters. The number of morpholine rings is 1. The van der Waals surface area contributed by atoms with E-state index in [0.717, 1.165) is 49.7 Å². The van der Waals surface area contributed by atoms with Gasteiger partial charge in [-0.25, -0.2) is 4.68 Å². The third-order valence-corrected chi connectivity index (χ3v) is 3.55. The maximum absolute atomic E-state index is 5.46. The molecule has 0 amide bonds. The molecule has 1 aromatic carbocycles. The van der Waals surface area contributed by atoms with Gasteiger partial charge in [-0.3, -0.25) is 4.90 Å². The second kappa shape index (κ2) is 7.15. The van der Waals surface area contributed by atoms with Gasteiger partial charge < -0.3 is 9.47 Å². The third-order valence-electron chi connectivity index (χ3n) is 3.55. The average molecular weight is 301 g/mol. The standard InChI is InChI=1S/C15H19N5O2/c1-21-15-3-2-13(9-18-20-11-16-17-12-20)8-14(15)10-19-4-6-22-7-5-19/h2-3,8-9,11-12H,4-7,10H2,1H3/b18-9+. The van der Waals surface area contributed by atoms with Crippen molar-refractivity contribution >= 4 is 6.21 Å². The summed E-state index contributed by atoms with van der Waals surface area (Å²) in [5.74, 6) is 0.896. The van der Waals surface area contributed by atoms with Gasteiger partial charge in [-0.1, -0.05) is 0 Å². The third kappa shape index (κ3) is 3.69. The molecule has 0 saturated carbocycles. The summed E-state index contributed by atoms with van der Waals surface area (Å²) in [6.07, 6.45) is 4.88. The van der Waals surface area contributed by atoms with Crippen LogP contribution in [0.4, 0.5) is 0 Å². The molecule has 1 fully saturated rings. The van der Waals surface area contributed by atoms with Crippen LogP contribution < -0.4 is 4.74 Å². The predicted molar refractivity (Wildman–Crippen MR) is 82.1 cm³/mol. The number of hydrogen-bond acceptors (Lipinski definition) is 6. The smallest absolute Gasteiger partial charge is 0.141 e. The summed E-state index contributed by atoms with van der Waals surface area (Å²) < 4.78 is 12.4. The molecule has 0 bridgehead atoms. The number of rotatable bonds is 5. The Morgan fingerprint density at radius 1 is 1.27 bits per heavy atom. The van der Waals surface area contributed by atoms with Gasteiger partial charge in [0, 0.05) is 25.2 Å². The molecule has 0 N–H and O–H groups in total. The van der Waals surface area contributed by atoms with E-state index in [2.05, 4.69) is 26.3 Å². The molecular formula is C15H19N5O2. The minimum Gasteiger partial charge on any atom is -0.496 e. The number of benzene rings is 1. The summed E-state index contributed by atoms with van der Waals surface area (Å²) in [6, 6.07) is 6.06. The lowest BCUT2D eigenvalue weighted by atomic mass is 10.1.